The van der Waals surface area contributed by atoms with E-state index < -0.39 is 48.6 Å². The van der Waals surface area contributed by atoms with Gasteiger partial charge in [-0.1, -0.05) is 60.5 Å². The second-order valence-corrected chi connectivity index (χ2v) is 8.04. The summed E-state index contributed by atoms with van der Waals surface area (Å²) in [4.78, 5) is 38.6. The third-order valence-corrected chi connectivity index (χ3v) is 5.65. The van der Waals surface area contributed by atoms with Crippen LogP contribution in [0.1, 0.15) is 31.1 Å². The van der Waals surface area contributed by atoms with E-state index in [0.717, 1.165) is 0 Å². The standard InChI is InChI=1S/C29H24O8/c1-3-22(34-26(30)19-13-7-4-8-14-19)23-24(35-27(31)20-15-9-5-10-16-20)25(29(33-2)37-23)36-28(32)21-17-11-6-12-18-21/h1,4-18,22-25,29H,2H3/t22-,23+,24+,25+,29+/m0/s1. The van der Waals surface area contributed by atoms with Gasteiger partial charge in [-0.15, -0.1) is 6.42 Å². The average Bonchev–Trinajstić information content (AvgIpc) is 3.29. The van der Waals surface area contributed by atoms with E-state index in [2.05, 4.69) is 5.92 Å². The van der Waals surface area contributed by atoms with E-state index in [-0.39, 0.29) is 16.7 Å². The molecule has 3 aromatic rings. The molecule has 0 unspecified atom stereocenters. The Labute approximate surface area is 214 Å². The topological polar surface area (TPSA) is 97.4 Å². The molecular formula is C29H24O8. The monoisotopic (exact) mass is 500 g/mol. The molecule has 0 spiro atoms. The lowest BCUT2D eigenvalue weighted by atomic mass is 10.0. The summed E-state index contributed by atoms with van der Waals surface area (Å²) in [6, 6.07) is 24.8. The van der Waals surface area contributed by atoms with Gasteiger partial charge >= 0.3 is 17.9 Å². The van der Waals surface area contributed by atoms with Crippen LogP contribution >= 0.6 is 0 Å². The highest BCUT2D eigenvalue weighted by atomic mass is 16.7. The van der Waals surface area contributed by atoms with Crippen LogP contribution in [0.25, 0.3) is 0 Å². The van der Waals surface area contributed by atoms with E-state index >= 15 is 0 Å². The van der Waals surface area contributed by atoms with Crippen LogP contribution in [0.5, 0.6) is 0 Å². The molecule has 0 saturated carbocycles. The first-order valence-corrected chi connectivity index (χ1v) is 11.4. The minimum Gasteiger partial charge on any atom is -0.452 e. The number of hydrogen-bond acceptors (Lipinski definition) is 8. The Morgan fingerprint density at radius 3 is 1.59 bits per heavy atom. The maximum atomic E-state index is 13.0. The maximum Gasteiger partial charge on any atom is 0.339 e. The Hall–Kier alpha value is -4.45. The van der Waals surface area contributed by atoms with Crippen LogP contribution in [-0.2, 0) is 23.7 Å². The highest BCUT2D eigenvalue weighted by molar-refractivity contribution is 5.91. The molecule has 188 valence electrons. The number of methoxy groups -OCH3 is 1. The molecule has 0 radical (unpaired) electrons. The summed E-state index contributed by atoms with van der Waals surface area (Å²) in [5.41, 5.74) is 0.806. The molecule has 1 aliphatic rings. The molecule has 3 aromatic carbocycles. The van der Waals surface area contributed by atoms with Crippen molar-refractivity contribution < 1.29 is 38.1 Å². The third kappa shape index (κ3) is 6.04. The molecule has 1 aliphatic heterocycles. The van der Waals surface area contributed by atoms with E-state index in [4.69, 9.17) is 30.1 Å². The molecule has 0 N–H and O–H groups in total. The van der Waals surface area contributed by atoms with Crippen molar-refractivity contribution in [2.75, 3.05) is 7.11 Å². The van der Waals surface area contributed by atoms with Crippen molar-refractivity contribution in [1.82, 2.24) is 0 Å². The zero-order valence-electron chi connectivity index (χ0n) is 19.9. The minimum absolute atomic E-state index is 0.258. The van der Waals surface area contributed by atoms with E-state index in [1.807, 2.05) is 0 Å². The Kier molecular flexibility index (Phi) is 8.31. The number of carbonyl (C=O) groups excluding carboxylic acids is 3. The number of carbonyl (C=O) groups is 3. The minimum atomic E-state index is -1.29. The van der Waals surface area contributed by atoms with Crippen LogP contribution in [0.3, 0.4) is 0 Å². The van der Waals surface area contributed by atoms with Crippen LogP contribution in [0.4, 0.5) is 0 Å². The van der Waals surface area contributed by atoms with Crippen molar-refractivity contribution in [3.05, 3.63) is 108 Å². The van der Waals surface area contributed by atoms with Crippen LogP contribution in [0.15, 0.2) is 91.0 Å². The van der Waals surface area contributed by atoms with Crippen LogP contribution in [0, 0.1) is 12.3 Å². The van der Waals surface area contributed by atoms with Gasteiger partial charge in [0.1, 0.15) is 6.10 Å². The smallest absolute Gasteiger partial charge is 0.339 e. The Morgan fingerprint density at radius 1 is 0.730 bits per heavy atom. The molecule has 0 amide bonds. The third-order valence-electron chi connectivity index (χ3n) is 5.65. The van der Waals surface area contributed by atoms with Crippen molar-refractivity contribution in [3.63, 3.8) is 0 Å². The number of esters is 3. The second kappa shape index (κ2) is 12.0. The molecule has 0 aliphatic carbocycles. The first-order chi connectivity index (χ1) is 18.0. The molecule has 1 fully saturated rings. The number of rotatable bonds is 8. The summed E-state index contributed by atoms with van der Waals surface area (Å²) in [6.45, 7) is 0. The highest BCUT2D eigenvalue weighted by Crippen LogP contribution is 2.32. The van der Waals surface area contributed by atoms with Crippen LogP contribution in [-0.4, -0.2) is 55.7 Å². The maximum absolute atomic E-state index is 13.0. The first-order valence-electron chi connectivity index (χ1n) is 11.4. The van der Waals surface area contributed by atoms with Gasteiger partial charge in [0.25, 0.3) is 0 Å². The molecule has 5 atom stereocenters. The SMILES string of the molecule is C#C[C@H](OC(=O)c1ccccc1)[C@H]1O[C@@H](OC)[C@H](OC(=O)c2ccccc2)[C@@H]1OC(=O)c1ccccc1. The summed E-state index contributed by atoms with van der Waals surface area (Å²) in [7, 11) is 1.34. The largest absolute Gasteiger partial charge is 0.452 e. The van der Waals surface area contributed by atoms with Gasteiger partial charge in [0.05, 0.1) is 16.7 Å². The van der Waals surface area contributed by atoms with E-state index in [1.54, 1.807) is 91.0 Å². The van der Waals surface area contributed by atoms with Crippen molar-refractivity contribution in [2.45, 2.75) is 30.7 Å². The van der Waals surface area contributed by atoms with Gasteiger partial charge in [-0.25, -0.2) is 14.4 Å². The number of terminal acetylenes is 1. The zero-order chi connectivity index (χ0) is 26.2. The molecule has 8 heteroatoms. The van der Waals surface area contributed by atoms with Crippen molar-refractivity contribution in [2.24, 2.45) is 0 Å². The quantitative estimate of drug-likeness (QED) is 0.263. The molecule has 0 bridgehead atoms. The van der Waals surface area contributed by atoms with Crippen molar-refractivity contribution in [1.29, 1.82) is 0 Å². The van der Waals surface area contributed by atoms with Crippen LogP contribution < -0.4 is 0 Å². The zero-order valence-corrected chi connectivity index (χ0v) is 19.9. The highest BCUT2D eigenvalue weighted by Gasteiger charge is 2.54. The van der Waals surface area contributed by atoms with Gasteiger partial charge in [0, 0.05) is 7.11 Å². The summed E-state index contributed by atoms with van der Waals surface area (Å²) in [6.07, 6.45) is -0.388. The molecule has 1 heterocycles. The predicted octanol–water partition coefficient (Wildman–Crippen LogP) is 3.67. The molecular weight excluding hydrogens is 476 g/mol. The number of hydrogen-bond donors (Lipinski definition) is 0. The lowest BCUT2D eigenvalue weighted by Crippen LogP contribution is -2.45. The fourth-order valence-electron chi connectivity index (χ4n) is 3.83. The Balaban J connectivity index is 1.62. The van der Waals surface area contributed by atoms with Crippen molar-refractivity contribution in [3.8, 4) is 12.3 Å². The van der Waals surface area contributed by atoms with E-state index in [1.165, 1.54) is 7.11 Å². The molecule has 8 nitrogen and oxygen atoms in total. The summed E-state index contributed by atoms with van der Waals surface area (Å²) in [5, 5.41) is 0. The Bertz CT molecular complexity index is 1250. The van der Waals surface area contributed by atoms with Crippen LogP contribution in [0.2, 0.25) is 0 Å². The molecule has 4 rings (SSSR count). The normalized spacial score (nSPS) is 21.3. The lowest BCUT2D eigenvalue weighted by molar-refractivity contribution is -0.160. The predicted molar refractivity (Wildman–Crippen MR) is 131 cm³/mol. The number of ether oxygens (including phenoxy) is 5. The van der Waals surface area contributed by atoms with Gasteiger partial charge in [0.15, 0.2) is 24.6 Å². The second-order valence-electron chi connectivity index (χ2n) is 8.04. The lowest BCUT2D eigenvalue weighted by Gasteiger charge is -2.26. The Morgan fingerprint density at radius 2 is 1.16 bits per heavy atom. The van der Waals surface area contributed by atoms with Gasteiger partial charge in [0.2, 0.25) is 0 Å². The summed E-state index contributed by atoms with van der Waals surface area (Å²) >= 11 is 0. The van der Waals surface area contributed by atoms with Gasteiger partial charge in [-0.2, -0.15) is 0 Å². The van der Waals surface area contributed by atoms with E-state index in [0.29, 0.717) is 0 Å². The average molecular weight is 501 g/mol. The molecule has 0 aromatic heterocycles. The first kappa shape index (κ1) is 25.6. The summed E-state index contributed by atoms with van der Waals surface area (Å²) < 4.78 is 28.3. The van der Waals surface area contributed by atoms with Crippen molar-refractivity contribution >= 4 is 17.9 Å². The van der Waals surface area contributed by atoms with Gasteiger partial charge in [-0.05, 0) is 36.4 Å². The van der Waals surface area contributed by atoms with Gasteiger partial charge < -0.3 is 23.7 Å². The fourth-order valence-corrected chi connectivity index (χ4v) is 3.83. The molecule has 37 heavy (non-hydrogen) atoms. The van der Waals surface area contributed by atoms with Gasteiger partial charge in [-0.3, -0.25) is 0 Å². The van der Waals surface area contributed by atoms with E-state index in [9.17, 15) is 14.4 Å². The molecule has 1 saturated heterocycles. The fraction of sp³-hybridized carbons (Fsp3) is 0.207. The summed E-state index contributed by atoms with van der Waals surface area (Å²) in [5.74, 6) is 0.296. The number of benzene rings is 3.